The fourth-order valence-corrected chi connectivity index (χ4v) is 2.99. The van der Waals surface area contributed by atoms with E-state index < -0.39 is 0 Å². The molecule has 0 unspecified atom stereocenters. The molecule has 18 heavy (non-hydrogen) atoms. The molecule has 0 amide bonds. The van der Waals surface area contributed by atoms with Crippen LogP contribution in [0.3, 0.4) is 0 Å². The Labute approximate surface area is 135 Å². The van der Waals surface area contributed by atoms with Gasteiger partial charge in [0.1, 0.15) is 5.75 Å². The third kappa shape index (κ3) is 3.26. The molecule has 0 bridgehead atoms. The van der Waals surface area contributed by atoms with Gasteiger partial charge in [0.25, 0.3) is 0 Å². The first-order chi connectivity index (χ1) is 8.72. The molecule has 0 aromatic heterocycles. The quantitative estimate of drug-likeness (QED) is 0.565. The molecule has 0 aliphatic rings. The second-order valence-electron chi connectivity index (χ2n) is 3.73. The standard InChI is InChI=1S/C15H12I2O/c1-18-13-9-7-12(8-10-13)14(15(16)17)11-5-3-2-4-6-11/h2-10H,1H3. The minimum absolute atomic E-state index is 0.884. The summed E-state index contributed by atoms with van der Waals surface area (Å²) >= 11 is 4.73. The van der Waals surface area contributed by atoms with E-state index in [1.165, 1.54) is 18.3 Å². The maximum absolute atomic E-state index is 5.20. The van der Waals surface area contributed by atoms with Crippen molar-refractivity contribution >= 4 is 50.8 Å². The SMILES string of the molecule is COc1ccc(C(=C(I)I)c2ccccc2)cc1. The molecular formula is C15H12I2O. The summed E-state index contributed by atoms with van der Waals surface area (Å²) in [4.78, 5) is 0. The highest BCUT2D eigenvalue weighted by atomic mass is 127. The highest BCUT2D eigenvalue weighted by Gasteiger charge is 2.08. The molecule has 0 spiro atoms. The Balaban J connectivity index is 2.47. The molecule has 0 saturated carbocycles. The summed E-state index contributed by atoms with van der Waals surface area (Å²) < 4.78 is 6.45. The lowest BCUT2D eigenvalue weighted by atomic mass is 10.00. The Hall–Kier alpha value is -0.560. The van der Waals surface area contributed by atoms with Crippen molar-refractivity contribution in [1.82, 2.24) is 0 Å². The first kappa shape index (κ1) is 13.9. The normalized spacial score (nSPS) is 9.94. The van der Waals surface area contributed by atoms with Crippen LogP contribution in [0, 0.1) is 0 Å². The fraction of sp³-hybridized carbons (Fsp3) is 0.0667. The lowest BCUT2D eigenvalue weighted by Crippen LogP contribution is -1.89. The number of halogens is 2. The lowest BCUT2D eigenvalue weighted by Gasteiger charge is -2.10. The van der Waals surface area contributed by atoms with E-state index in [1.54, 1.807) is 7.11 Å². The van der Waals surface area contributed by atoms with Crippen molar-refractivity contribution in [2.75, 3.05) is 7.11 Å². The monoisotopic (exact) mass is 462 g/mol. The van der Waals surface area contributed by atoms with E-state index in [4.69, 9.17) is 4.74 Å². The van der Waals surface area contributed by atoms with Gasteiger partial charge in [0.15, 0.2) is 0 Å². The van der Waals surface area contributed by atoms with E-state index >= 15 is 0 Å². The van der Waals surface area contributed by atoms with Gasteiger partial charge in [-0.1, -0.05) is 42.5 Å². The van der Waals surface area contributed by atoms with Crippen molar-refractivity contribution < 1.29 is 4.74 Å². The van der Waals surface area contributed by atoms with E-state index in [0.29, 0.717) is 0 Å². The van der Waals surface area contributed by atoms with Crippen LogP contribution in [0.1, 0.15) is 11.1 Å². The third-order valence-corrected chi connectivity index (χ3v) is 3.71. The van der Waals surface area contributed by atoms with Crippen molar-refractivity contribution in [2.24, 2.45) is 0 Å². The third-order valence-electron chi connectivity index (χ3n) is 2.63. The molecule has 0 aliphatic carbocycles. The zero-order valence-electron chi connectivity index (χ0n) is 9.86. The number of methoxy groups -OCH3 is 1. The molecule has 0 heterocycles. The maximum atomic E-state index is 5.20. The van der Waals surface area contributed by atoms with E-state index in [0.717, 1.165) is 5.75 Å². The van der Waals surface area contributed by atoms with Gasteiger partial charge >= 0.3 is 0 Å². The zero-order valence-corrected chi connectivity index (χ0v) is 14.2. The van der Waals surface area contributed by atoms with Crippen molar-refractivity contribution in [3.8, 4) is 5.75 Å². The molecule has 92 valence electrons. The minimum atomic E-state index is 0.884. The average Bonchev–Trinajstić information content (AvgIpc) is 2.40. The number of benzene rings is 2. The minimum Gasteiger partial charge on any atom is -0.497 e. The number of hydrogen-bond acceptors (Lipinski definition) is 1. The Kier molecular flexibility index (Phi) is 5.05. The van der Waals surface area contributed by atoms with Gasteiger partial charge in [-0.25, -0.2) is 0 Å². The number of ether oxygens (including phenoxy) is 1. The molecule has 0 saturated heterocycles. The van der Waals surface area contributed by atoms with Crippen LogP contribution in [0.2, 0.25) is 0 Å². The van der Waals surface area contributed by atoms with E-state index in [9.17, 15) is 0 Å². The van der Waals surface area contributed by atoms with Crippen LogP contribution in [-0.2, 0) is 0 Å². The molecule has 3 heteroatoms. The van der Waals surface area contributed by atoms with Gasteiger partial charge in [0.2, 0.25) is 0 Å². The summed E-state index contributed by atoms with van der Waals surface area (Å²) in [6.45, 7) is 0. The van der Waals surface area contributed by atoms with Crippen molar-refractivity contribution in [2.45, 2.75) is 0 Å². The van der Waals surface area contributed by atoms with Gasteiger partial charge in [-0.05, 0) is 68.4 Å². The molecule has 0 fully saturated rings. The molecule has 2 aromatic carbocycles. The van der Waals surface area contributed by atoms with Gasteiger partial charge in [-0.15, -0.1) is 0 Å². The predicted molar refractivity (Wildman–Crippen MR) is 93.5 cm³/mol. The lowest BCUT2D eigenvalue weighted by molar-refractivity contribution is 0.415. The molecule has 0 radical (unpaired) electrons. The van der Waals surface area contributed by atoms with Crippen LogP contribution in [0.25, 0.3) is 5.57 Å². The highest BCUT2D eigenvalue weighted by Crippen LogP contribution is 2.34. The zero-order chi connectivity index (χ0) is 13.0. The summed E-state index contributed by atoms with van der Waals surface area (Å²) in [7, 11) is 1.69. The van der Waals surface area contributed by atoms with Crippen LogP contribution < -0.4 is 4.74 Å². The maximum Gasteiger partial charge on any atom is 0.118 e. The van der Waals surface area contributed by atoms with Gasteiger partial charge < -0.3 is 4.74 Å². The van der Waals surface area contributed by atoms with E-state index in [2.05, 4.69) is 81.6 Å². The first-order valence-electron chi connectivity index (χ1n) is 5.47. The van der Waals surface area contributed by atoms with Crippen LogP contribution in [-0.4, -0.2) is 7.11 Å². The molecule has 1 nitrogen and oxygen atoms in total. The largest absolute Gasteiger partial charge is 0.497 e. The first-order valence-corrected chi connectivity index (χ1v) is 7.63. The van der Waals surface area contributed by atoms with Gasteiger partial charge in [-0.3, -0.25) is 0 Å². The summed E-state index contributed by atoms with van der Waals surface area (Å²) in [6, 6.07) is 18.6. The van der Waals surface area contributed by atoms with Crippen LogP contribution in [0.15, 0.2) is 56.2 Å². The van der Waals surface area contributed by atoms with Crippen molar-refractivity contribution in [3.63, 3.8) is 0 Å². The van der Waals surface area contributed by atoms with Gasteiger partial charge in [-0.2, -0.15) is 0 Å². The Morgan fingerprint density at radius 1 is 0.833 bits per heavy atom. The molecule has 0 atom stereocenters. The van der Waals surface area contributed by atoms with E-state index in [1.807, 2.05) is 18.2 Å². The molecule has 2 aromatic rings. The summed E-state index contributed by atoms with van der Waals surface area (Å²) in [5.41, 5.74) is 3.71. The topological polar surface area (TPSA) is 9.23 Å². The summed E-state index contributed by atoms with van der Waals surface area (Å²) in [5, 5.41) is 0. The predicted octanol–water partition coefficient (Wildman–Crippen LogP) is 5.28. The van der Waals surface area contributed by atoms with Gasteiger partial charge in [0, 0.05) is 5.57 Å². The van der Waals surface area contributed by atoms with Crippen LogP contribution >= 0.6 is 45.2 Å². The average molecular weight is 462 g/mol. The smallest absolute Gasteiger partial charge is 0.118 e. The Morgan fingerprint density at radius 2 is 1.39 bits per heavy atom. The molecular weight excluding hydrogens is 450 g/mol. The molecule has 0 N–H and O–H groups in total. The molecule has 2 rings (SSSR count). The Bertz CT molecular complexity index is 540. The number of hydrogen-bond donors (Lipinski definition) is 0. The second kappa shape index (κ2) is 6.56. The molecule has 0 aliphatic heterocycles. The second-order valence-corrected chi connectivity index (χ2v) is 7.95. The summed E-state index contributed by atoms with van der Waals surface area (Å²) in [5.74, 6) is 0.884. The highest BCUT2D eigenvalue weighted by molar-refractivity contribution is 14.2. The fourth-order valence-electron chi connectivity index (χ4n) is 1.75. The Morgan fingerprint density at radius 3 is 1.89 bits per heavy atom. The van der Waals surface area contributed by atoms with Crippen molar-refractivity contribution in [3.05, 3.63) is 67.3 Å². The summed E-state index contributed by atoms with van der Waals surface area (Å²) in [6.07, 6.45) is 0. The van der Waals surface area contributed by atoms with Crippen molar-refractivity contribution in [1.29, 1.82) is 0 Å². The number of rotatable bonds is 3. The van der Waals surface area contributed by atoms with E-state index in [-0.39, 0.29) is 0 Å². The van der Waals surface area contributed by atoms with Gasteiger partial charge in [0.05, 0.1) is 8.70 Å². The van der Waals surface area contributed by atoms with Crippen LogP contribution in [0.5, 0.6) is 5.75 Å². The van der Waals surface area contributed by atoms with Crippen LogP contribution in [0.4, 0.5) is 0 Å².